The Labute approximate surface area is 156 Å². The first kappa shape index (κ1) is 18.5. The number of ether oxygens (including phenoxy) is 1. The highest BCUT2D eigenvalue weighted by Gasteiger charge is 2.23. The summed E-state index contributed by atoms with van der Waals surface area (Å²) in [5.74, 6) is 0.905. The van der Waals surface area contributed by atoms with Crippen molar-refractivity contribution in [1.82, 2.24) is 0 Å². The van der Waals surface area contributed by atoms with Crippen LogP contribution in [0, 0.1) is 0 Å². The van der Waals surface area contributed by atoms with Crippen LogP contribution in [-0.2, 0) is 5.41 Å². The van der Waals surface area contributed by atoms with Crippen molar-refractivity contribution in [3.05, 3.63) is 53.6 Å². The molecule has 0 atom stereocenters. The zero-order chi connectivity index (χ0) is 18.7. The number of hydrogen-bond donors (Lipinski definition) is 1. The summed E-state index contributed by atoms with van der Waals surface area (Å²) in [6, 6.07) is 14.3. The third kappa shape index (κ3) is 4.09. The molecule has 3 nitrogen and oxygen atoms in total. The van der Waals surface area contributed by atoms with E-state index in [9.17, 15) is 4.79 Å². The predicted molar refractivity (Wildman–Crippen MR) is 105 cm³/mol. The van der Waals surface area contributed by atoms with Crippen molar-refractivity contribution < 1.29 is 14.6 Å². The van der Waals surface area contributed by atoms with Crippen molar-refractivity contribution in [1.29, 1.82) is 0 Å². The average molecular weight is 352 g/mol. The van der Waals surface area contributed by atoms with Gasteiger partial charge in [0.15, 0.2) is 0 Å². The van der Waals surface area contributed by atoms with E-state index in [0.717, 1.165) is 24.0 Å². The Balaban J connectivity index is 2.08. The normalized spacial score (nSPS) is 15.7. The van der Waals surface area contributed by atoms with E-state index in [1.165, 1.54) is 30.4 Å². The molecule has 1 fully saturated rings. The third-order valence-corrected chi connectivity index (χ3v) is 5.34. The standard InChI is InChI=1S/C23H28O3/c1-23(2,3)18-14-12-17(13-15-18)21-19(16-8-5-4-6-9-16)10-7-11-20(21)26-22(24)25/h7,10-16H,4-6,8-9H2,1-3H3,(H,24,25). The van der Waals surface area contributed by atoms with Gasteiger partial charge in [0, 0.05) is 5.56 Å². The Kier molecular flexibility index (Phi) is 5.36. The number of carbonyl (C=O) groups is 1. The van der Waals surface area contributed by atoms with E-state index in [1.54, 1.807) is 6.07 Å². The van der Waals surface area contributed by atoms with E-state index >= 15 is 0 Å². The van der Waals surface area contributed by atoms with Crippen molar-refractivity contribution in [3.8, 4) is 16.9 Å². The van der Waals surface area contributed by atoms with Crippen LogP contribution < -0.4 is 4.74 Å². The van der Waals surface area contributed by atoms with Crippen molar-refractivity contribution in [2.24, 2.45) is 0 Å². The van der Waals surface area contributed by atoms with Crippen molar-refractivity contribution in [3.63, 3.8) is 0 Å². The molecule has 3 heteroatoms. The quantitative estimate of drug-likeness (QED) is 0.490. The van der Waals surface area contributed by atoms with E-state index in [-0.39, 0.29) is 5.41 Å². The van der Waals surface area contributed by atoms with Crippen LogP contribution >= 0.6 is 0 Å². The lowest BCUT2D eigenvalue weighted by Gasteiger charge is -2.26. The minimum atomic E-state index is -1.27. The van der Waals surface area contributed by atoms with Gasteiger partial charge in [-0.15, -0.1) is 0 Å². The van der Waals surface area contributed by atoms with Gasteiger partial charge in [-0.2, -0.15) is 0 Å². The second kappa shape index (κ2) is 7.53. The first-order valence-electron chi connectivity index (χ1n) is 9.51. The Bertz CT molecular complexity index is 763. The summed E-state index contributed by atoms with van der Waals surface area (Å²) < 4.78 is 5.15. The molecule has 138 valence electrons. The molecule has 1 aliphatic carbocycles. The summed E-state index contributed by atoms with van der Waals surface area (Å²) in [6.07, 6.45) is 4.80. The fraction of sp³-hybridized carbons (Fsp3) is 0.435. The Morgan fingerprint density at radius 3 is 2.23 bits per heavy atom. The molecule has 2 aromatic carbocycles. The van der Waals surface area contributed by atoms with Crippen LogP contribution in [0.2, 0.25) is 0 Å². The van der Waals surface area contributed by atoms with Gasteiger partial charge in [0.1, 0.15) is 5.75 Å². The molecule has 2 aromatic rings. The smallest absolute Gasteiger partial charge is 0.449 e. The monoisotopic (exact) mass is 352 g/mol. The highest BCUT2D eigenvalue weighted by atomic mass is 16.7. The molecule has 0 saturated heterocycles. The fourth-order valence-electron chi connectivity index (χ4n) is 3.93. The second-order valence-corrected chi connectivity index (χ2v) is 8.25. The van der Waals surface area contributed by atoms with Gasteiger partial charge in [-0.25, -0.2) is 4.79 Å². The van der Waals surface area contributed by atoms with Crippen LogP contribution in [0.3, 0.4) is 0 Å². The van der Waals surface area contributed by atoms with Gasteiger partial charge in [0.05, 0.1) is 0 Å². The average Bonchev–Trinajstić information content (AvgIpc) is 2.61. The Hall–Kier alpha value is -2.29. The molecule has 0 radical (unpaired) electrons. The maximum atomic E-state index is 11.2. The van der Waals surface area contributed by atoms with Crippen LogP contribution in [0.5, 0.6) is 5.75 Å². The molecule has 0 aromatic heterocycles. The molecular weight excluding hydrogens is 324 g/mol. The summed E-state index contributed by atoms with van der Waals surface area (Å²) in [4.78, 5) is 11.2. The van der Waals surface area contributed by atoms with Gasteiger partial charge in [-0.3, -0.25) is 0 Å². The molecule has 26 heavy (non-hydrogen) atoms. The number of benzene rings is 2. The predicted octanol–water partition coefficient (Wildman–Crippen LogP) is 6.76. The van der Waals surface area contributed by atoms with Gasteiger partial charge in [-0.1, -0.05) is 76.4 Å². The van der Waals surface area contributed by atoms with E-state index in [0.29, 0.717) is 11.7 Å². The van der Waals surface area contributed by atoms with Crippen LogP contribution in [0.15, 0.2) is 42.5 Å². The van der Waals surface area contributed by atoms with Crippen LogP contribution in [-0.4, -0.2) is 11.3 Å². The number of carboxylic acid groups (broad SMARTS) is 1. The van der Waals surface area contributed by atoms with E-state index in [1.807, 2.05) is 6.07 Å². The second-order valence-electron chi connectivity index (χ2n) is 8.25. The van der Waals surface area contributed by atoms with Gasteiger partial charge in [0.25, 0.3) is 0 Å². The molecule has 0 amide bonds. The third-order valence-electron chi connectivity index (χ3n) is 5.34. The molecule has 0 unspecified atom stereocenters. The summed E-state index contributed by atoms with van der Waals surface area (Å²) in [6.45, 7) is 6.57. The van der Waals surface area contributed by atoms with Crippen LogP contribution in [0.1, 0.15) is 69.9 Å². The molecule has 0 aliphatic heterocycles. The largest absolute Gasteiger partial charge is 0.511 e. The lowest BCUT2D eigenvalue weighted by atomic mass is 9.80. The first-order chi connectivity index (χ1) is 12.4. The summed E-state index contributed by atoms with van der Waals surface area (Å²) in [5.41, 5.74) is 4.52. The molecule has 0 spiro atoms. The topological polar surface area (TPSA) is 46.5 Å². The van der Waals surface area contributed by atoms with Gasteiger partial charge < -0.3 is 9.84 Å². The zero-order valence-electron chi connectivity index (χ0n) is 15.9. The number of hydrogen-bond acceptors (Lipinski definition) is 2. The molecular formula is C23H28O3. The maximum absolute atomic E-state index is 11.2. The van der Waals surface area contributed by atoms with Crippen LogP contribution in [0.25, 0.3) is 11.1 Å². The van der Waals surface area contributed by atoms with E-state index in [4.69, 9.17) is 9.84 Å². The minimum absolute atomic E-state index is 0.0851. The van der Waals surface area contributed by atoms with Crippen molar-refractivity contribution in [2.75, 3.05) is 0 Å². The SMILES string of the molecule is CC(C)(C)c1ccc(-c2c(OC(=O)O)cccc2C2CCCCC2)cc1. The molecule has 0 bridgehead atoms. The molecule has 0 heterocycles. The molecule has 3 rings (SSSR count). The Morgan fingerprint density at radius 2 is 1.65 bits per heavy atom. The lowest BCUT2D eigenvalue weighted by Crippen LogP contribution is -2.11. The summed E-state index contributed by atoms with van der Waals surface area (Å²) in [5, 5.41) is 9.17. The lowest BCUT2D eigenvalue weighted by molar-refractivity contribution is 0.144. The van der Waals surface area contributed by atoms with E-state index in [2.05, 4.69) is 51.1 Å². The maximum Gasteiger partial charge on any atom is 0.511 e. The molecule has 1 aliphatic rings. The van der Waals surface area contributed by atoms with Gasteiger partial charge in [0.2, 0.25) is 0 Å². The van der Waals surface area contributed by atoms with Crippen molar-refractivity contribution in [2.45, 2.75) is 64.2 Å². The highest BCUT2D eigenvalue weighted by molar-refractivity contribution is 5.77. The zero-order valence-corrected chi connectivity index (χ0v) is 15.9. The fourth-order valence-corrected chi connectivity index (χ4v) is 3.93. The minimum Gasteiger partial charge on any atom is -0.449 e. The first-order valence-corrected chi connectivity index (χ1v) is 9.51. The van der Waals surface area contributed by atoms with Crippen LogP contribution in [0.4, 0.5) is 4.79 Å². The molecule has 1 N–H and O–H groups in total. The van der Waals surface area contributed by atoms with Gasteiger partial charge >= 0.3 is 6.16 Å². The highest BCUT2D eigenvalue weighted by Crippen LogP contribution is 2.42. The summed E-state index contributed by atoms with van der Waals surface area (Å²) >= 11 is 0. The number of rotatable bonds is 3. The summed E-state index contributed by atoms with van der Waals surface area (Å²) in [7, 11) is 0. The Morgan fingerprint density at radius 1 is 1.00 bits per heavy atom. The van der Waals surface area contributed by atoms with Gasteiger partial charge in [-0.05, 0) is 46.9 Å². The van der Waals surface area contributed by atoms with E-state index < -0.39 is 6.16 Å². The molecule has 1 saturated carbocycles. The van der Waals surface area contributed by atoms with Crippen molar-refractivity contribution >= 4 is 6.16 Å².